The van der Waals surface area contributed by atoms with E-state index in [0.29, 0.717) is 22.2 Å². The number of halogens is 2. The highest BCUT2D eigenvalue weighted by Crippen LogP contribution is 2.29. The van der Waals surface area contributed by atoms with E-state index in [1.807, 2.05) is 25.2 Å². The Morgan fingerprint density at radius 3 is 2.80 bits per heavy atom. The van der Waals surface area contributed by atoms with E-state index < -0.39 is 17.2 Å². The highest BCUT2D eigenvalue weighted by atomic mass is 19.1. The van der Waals surface area contributed by atoms with Gasteiger partial charge in [0.05, 0.1) is 18.0 Å². The van der Waals surface area contributed by atoms with Crippen molar-refractivity contribution in [3.63, 3.8) is 0 Å². The molecule has 3 aromatic rings. The lowest BCUT2D eigenvalue weighted by Gasteiger charge is -2.19. The Balaban J connectivity index is 1.47. The number of pyridine rings is 1. The fourth-order valence-electron chi connectivity index (χ4n) is 3.84. The molecule has 150 valence electrons. The monoisotopic (exact) mass is 405 g/mol. The van der Waals surface area contributed by atoms with E-state index in [4.69, 9.17) is 0 Å². The van der Waals surface area contributed by atoms with E-state index in [1.54, 1.807) is 12.1 Å². The number of hydrazone groups is 1. The SMILES string of the molecule is CC1=NNC2C=C(c3cc(F)c(Cn4cnc5ncccc5c4=O)c(F)c3)C=CC12. The average molecular weight is 405 g/mol. The summed E-state index contributed by atoms with van der Waals surface area (Å²) in [6.45, 7) is 1.68. The van der Waals surface area contributed by atoms with Crippen molar-refractivity contribution in [2.75, 3.05) is 0 Å². The molecule has 1 N–H and O–H groups in total. The number of nitrogens with zero attached hydrogens (tertiary/aromatic N) is 4. The summed E-state index contributed by atoms with van der Waals surface area (Å²) >= 11 is 0. The lowest BCUT2D eigenvalue weighted by molar-refractivity contribution is 0.540. The molecule has 0 radical (unpaired) electrons. The third kappa shape index (κ3) is 3.01. The molecule has 5 rings (SSSR count). The molecule has 0 amide bonds. The van der Waals surface area contributed by atoms with Gasteiger partial charge < -0.3 is 5.43 Å². The molecule has 0 fully saturated rings. The second kappa shape index (κ2) is 6.98. The van der Waals surface area contributed by atoms with Crippen LogP contribution in [0.15, 0.2) is 64.9 Å². The molecule has 0 bridgehead atoms. The second-order valence-corrected chi connectivity index (χ2v) is 7.39. The van der Waals surface area contributed by atoms with E-state index in [0.717, 1.165) is 5.71 Å². The summed E-state index contributed by atoms with van der Waals surface area (Å²) < 4.78 is 30.9. The Kier molecular flexibility index (Phi) is 4.27. The minimum Gasteiger partial charge on any atom is -0.302 e. The highest BCUT2D eigenvalue weighted by Gasteiger charge is 2.28. The Hall–Kier alpha value is -3.68. The van der Waals surface area contributed by atoms with Gasteiger partial charge >= 0.3 is 0 Å². The lowest BCUT2D eigenvalue weighted by Crippen LogP contribution is -2.27. The first-order chi connectivity index (χ1) is 14.5. The topological polar surface area (TPSA) is 72.2 Å². The molecule has 2 aliphatic rings. The number of allylic oxidation sites excluding steroid dienone is 2. The molecule has 0 saturated carbocycles. The van der Waals surface area contributed by atoms with Crippen LogP contribution in [0.3, 0.4) is 0 Å². The van der Waals surface area contributed by atoms with Gasteiger partial charge in [0.15, 0.2) is 5.65 Å². The summed E-state index contributed by atoms with van der Waals surface area (Å²) in [4.78, 5) is 20.7. The molecular weight excluding hydrogens is 388 g/mol. The first kappa shape index (κ1) is 18.4. The normalized spacial score (nSPS) is 20.0. The summed E-state index contributed by atoms with van der Waals surface area (Å²) in [5.74, 6) is -1.28. The first-order valence-corrected chi connectivity index (χ1v) is 9.49. The van der Waals surface area contributed by atoms with Gasteiger partial charge in [-0.2, -0.15) is 5.10 Å². The number of hydrogen-bond acceptors (Lipinski definition) is 5. The lowest BCUT2D eigenvalue weighted by atomic mass is 9.87. The minimum atomic E-state index is -0.716. The summed E-state index contributed by atoms with van der Waals surface area (Å²) in [5.41, 5.74) is 4.85. The Labute approximate surface area is 170 Å². The van der Waals surface area contributed by atoms with E-state index in [1.165, 1.54) is 29.2 Å². The molecule has 0 saturated heterocycles. The fourth-order valence-corrected chi connectivity index (χ4v) is 3.84. The van der Waals surface area contributed by atoms with Gasteiger partial charge in [0, 0.05) is 23.4 Å². The van der Waals surface area contributed by atoms with Crippen LogP contribution in [0.5, 0.6) is 0 Å². The van der Waals surface area contributed by atoms with Crippen LogP contribution >= 0.6 is 0 Å². The van der Waals surface area contributed by atoms with Gasteiger partial charge in [0.25, 0.3) is 5.56 Å². The molecule has 2 atom stereocenters. The summed E-state index contributed by atoms with van der Waals surface area (Å²) in [6, 6.07) is 5.76. The molecule has 6 nitrogen and oxygen atoms in total. The van der Waals surface area contributed by atoms with Gasteiger partial charge in [-0.05, 0) is 42.3 Å². The van der Waals surface area contributed by atoms with Crippen molar-refractivity contribution in [3.05, 3.63) is 88.1 Å². The van der Waals surface area contributed by atoms with Crippen molar-refractivity contribution in [1.29, 1.82) is 0 Å². The fraction of sp³-hybridized carbons (Fsp3) is 0.182. The van der Waals surface area contributed by atoms with Crippen LogP contribution in [0.4, 0.5) is 8.78 Å². The maximum absolute atomic E-state index is 14.8. The molecule has 1 aliphatic heterocycles. The second-order valence-electron chi connectivity index (χ2n) is 7.39. The van der Waals surface area contributed by atoms with Crippen LogP contribution in [0, 0.1) is 17.6 Å². The van der Waals surface area contributed by atoms with Crippen LogP contribution in [-0.4, -0.2) is 26.3 Å². The Bertz CT molecular complexity index is 1300. The Morgan fingerprint density at radius 2 is 2.00 bits per heavy atom. The number of nitrogens with one attached hydrogen (secondary N) is 1. The molecule has 0 spiro atoms. The van der Waals surface area contributed by atoms with Gasteiger partial charge in [0.1, 0.15) is 18.0 Å². The zero-order valence-corrected chi connectivity index (χ0v) is 16.0. The maximum Gasteiger partial charge on any atom is 0.263 e. The van der Waals surface area contributed by atoms with Crippen molar-refractivity contribution in [2.24, 2.45) is 11.0 Å². The standard InChI is InChI=1S/C22H17F2N5O/c1-12-15-5-4-13(9-20(15)28-27-12)14-7-18(23)17(19(24)8-14)10-29-11-26-21-16(22(29)30)3-2-6-25-21/h2-9,11,15,20,28H,10H2,1H3. The molecular formula is C22H17F2N5O. The third-order valence-electron chi connectivity index (χ3n) is 5.50. The number of fused-ring (bicyclic) bond motifs is 2. The minimum absolute atomic E-state index is 0.0216. The van der Waals surface area contributed by atoms with Gasteiger partial charge in [-0.15, -0.1) is 0 Å². The van der Waals surface area contributed by atoms with E-state index in [2.05, 4.69) is 20.5 Å². The van der Waals surface area contributed by atoms with E-state index >= 15 is 0 Å². The van der Waals surface area contributed by atoms with Crippen LogP contribution in [-0.2, 0) is 6.54 Å². The smallest absolute Gasteiger partial charge is 0.263 e. The predicted molar refractivity (Wildman–Crippen MR) is 110 cm³/mol. The number of rotatable bonds is 3. The summed E-state index contributed by atoms with van der Waals surface area (Å²) in [7, 11) is 0. The van der Waals surface area contributed by atoms with E-state index in [-0.39, 0.29) is 24.1 Å². The van der Waals surface area contributed by atoms with Crippen LogP contribution in [0.2, 0.25) is 0 Å². The van der Waals surface area contributed by atoms with Crippen molar-refractivity contribution >= 4 is 22.3 Å². The number of aromatic nitrogens is 3. The quantitative estimate of drug-likeness (QED) is 0.727. The average Bonchev–Trinajstić information content (AvgIpc) is 3.12. The van der Waals surface area contributed by atoms with Crippen molar-refractivity contribution in [3.8, 4) is 0 Å². The molecule has 3 heterocycles. The summed E-state index contributed by atoms with van der Waals surface area (Å²) in [6.07, 6.45) is 8.54. The molecule has 2 aromatic heterocycles. The molecule has 1 aliphatic carbocycles. The van der Waals surface area contributed by atoms with Gasteiger partial charge in [0.2, 0.25) is 0 Å². The highest BCUT2D eigenvalue weighted by molar-refractivity contribution is 5.91. The van der Waals surface area contributed by atoms with E-state index in [9.17, 15) is 13.6 Å². The third-order valence-corrected chi connectivity index (χ3v) is 5.50. The predicted octanol–water partition coefficient (Wildman–Crippen LogP) is 3.04. The Morgan fingerprint density at radius 1 is 1.20 bits per heavy atom. The van der Waals surface area contributed by atoms with Crippen molar-refractivity contribution in [1.82, 2.24) is 20.0 Å². The number of hydrogen-bond donors (Lipinski definition) is 1. The van der Waals surface area contributed by atoms with Crippen LogP contribution < -0.4 is 11.0 Å². The van der Waals surface area contributed by atoms with Gasteiger partial charge in [-0.1, -0.05) is 18.2 Å². The van der Waals surface area contributed by atoms with Crippen molar-refractivity contribution in [2.45, 2.75) is 19.5 Å². The molecule has 1 aromatic carbocycles. The molecule has 2 unspecified atom stereocenters. The molecule has 8 heteroatoms. The van der Waals surface area contributed by atoms with Crippen LogP contribution in [0.25, 0.3) is 16.6 Å². The summed E-state index contributed by atoms with van der Waals surface area (Å²) in [5, 5.41) is 4.51. The number of benzene rings is 1. The zero-order chi connectivity index (χ0) is 20.8. The largest absolute Gasteiger partial charge is 0.302 e. The zero-order valence-electron chi connectivity index (χ0n) is 16.0. The van der Waals surface area contributed by atoms with Crippen LogP contribution in [0.1, 0.15) is 18.1 Å². The maximum atomic E-state index is 14.8. The first-order valence-electron chi connectivity index (χ1n) is 9.49. The van der Waals surface area contributed by atoms with Gasteiger partial charge in [-0.25, -0.2) is 18.7 Å². The van der Waals surface area contributed by atoms with Gasteiger partial charge in [-0.3, -0.25) is 9.36 Å². The molecule has 30 heavy (non-hydrogen) atoms. The van der Waals surface area contributed by atoms with Crippen molar-refractivity contribution < 1.29 is 8.78 Å².